The first-order valence-corrected chi connectivity index (χ1v) is 9.01. The molecule has 1 heterocycles. The second-order valence-electron chi connectivity index (χ2n) is 5.29. The van der Waals surface area contributed by atoms with Crippen molar-refractivity contribution in [3.63, 3.8) is 0 Å². The summed E-state index contributed by atoms with van der Waals surface area (Å²) in [6.07, 6.45) is 0. The van der Waals surface area contributed by atoms with Crippen LogP contribution in [0.5, 0.6) is 0 Å². The van der Waals surface area contributed by atoms with Crippen LogP contribution in [0.2, 0.25) is 10.0 Å². The lowest BCUT2D eigenvalue weighted by atomic mass is 10.0. The lowest BCUT2D eigenvalue weighted by molar-refractivity contribution is 0.262. The average Bonchev–Trinajstić information content (AvgIpc) is 3.06. The number of anilines is 2. The van der Waals surface area contributed by atoms with Gasteiger partial charge in [0.25, 0.3) is 0 Å². The van der Waals surface area contributed by atoms with E-state index in [2.05, 4.69) is 27.8 Å². The Morgan fingerprint density at radius 3 is 2.52 bits per heavy atom. The summed E-state index contributed by atoms with van der Waals surface area (Å²) in [5.41, 5.74) is 1.68. The normalized spacial score (nSPS) is 11.8. The van der Waals surface area contributed by atoms with E-state index in [4.69, 9.17) is 23.2 Å². The number of rotatable bonds is 4. The van der Waals surface area contributed by atoms with Gasteiger partial charge in [-0.1, -0.05) is 71.8 Å². The predicted octanol–water partition coefficient (Wildman–Crippen LogP) is 5.64. The Morgan fingerprint density at radius 2 is 1.80 bits per heavy atom. The quantitative estimate of drug-likeness (QED) is 0.603. The van der Waals surface area contributed by atoms with Crippen LogP contribution in [0.15, 0.2) is 48.5 Å². The zero-order valence-corrected chi connectivity index (χ0v) is 15.5. The van der Waals surface area contributed by atoms with Crippen molar-refractivity contribution < 1.29 is 4.79 Å². The molecular formula is C17H14Cl2N4OS. The number of carbonyl (C=O) groups is 1. The summed E-state index contributed by atoms with van der Waals surface area (Å²) in [4.78, 5) is 12.1. The van der Waals surface area contributed by atoms with E-state index in [9.17, 15) is 4.79 Å². The van der Waals surface area contributed by atoms with Crippen molar-refractivity contribution >= 4 is 51.4 Å². The minimum Gasteiger partial charge on any atom is -0.308 e. The topological polar surface area (TPSA) is 66.9 Å². The fourth-order valence-corrected chi connectivity index (χ4v) is 3.29. The predicted molar refractivity (Wildman–Crippen MR) is 103 cm³/mol. The van der Waals surface area contributed by atoms with Gasteiger partial charge in [-0.25, -0.2) is 4.79 Å². The largest absolute Gasteiger partial charge is 0.325 e. The molecule has 25 heavy (non-hydrogen) atoms. The third-order valence-corrected chi connectivity index (χ3v) is 5.27. The van der Waals surface area contributed by atoms with Crippen LogP contribution in [-0.4, -0.2) is 16.2 Å². The summed E-state index contributed by atoms with van der Waals surface area (Å²) in [6.45, 7) is 2.05. The molecule has 0 aliphatic carbocycles. The molecule has 0 fully saturated rings. The molecule has 1 aromatic heterocycles. The fourth-order valence-electron chi connectivity index (χ4n) is 2.18. The van der Waals surface area contributed by atoms with Crippen molar-refractivity contribution in [2.45, 2.75) is 12.8 Å². The van der Waals surface area contributed by atoms with Crippen LogP contribution in [0.1, 0.15) is 23.4 Å². The molecule has 0 aliphatic heterocycles. The molecule has 1 atom stereocenters. The zero-order valence-electron chi connectivity index (χ0n) is 13.2. The van der Waals surface area contributed by atoms with E-state index in [0.717, 1.165) is 10.6 Å². The van der Waals surface area contributed by atoms with Crippen LogP contribution in [0, 0.1) is 0 Å². The number of carbonyl (C=O) groups excluding carboxylic acids is 1. The van der Waals surface area contributed by atoms with Gasteiger partial charge < -0.3 is 5.32 Å². The highest BCUT2D eigenvalue weighted by Crippen LogP contribution is 2.29. The van der Waals surface area contributed by atoms with Gasteiger partial charge in [-0.2, -0.15) is 0 Å². The van der Waals surface area contributed by atoms with E-state index < -0.39 is 6.03 Å². The molecule has 0 radical (unpaired) electrons. The van der Waals surface area contributed by atoms with Gasteiger partial charge in [-0.3, -0.25) is 5.32 Å². The Kier molecular flexibility index (Phi) is 5.53. The summed E-state index contributed by atoms with van der Waals surface area (Å²) in [5, 5.41) is 15.6. The van der Waals surface area contributed by atoms with Gasteiger partial charge in [-0.05, 0) is 23.8 Å². The molecule has 3 rings (SSSR count). The van der Waals surface area contributed by atoms with Gasteiger partial charge >= 0.3 is 6.03 Å². The van der Waals surface area contributed by atoms with Crippen LogP contribution in [0.25, 0.3) is 0 Å². The minimum absolute atomic E-state index is 0.104. The average molecular weight is 393 g/mol. The molecule has 0 aliphatic rings. The number of halogens is 2. The molecule has 0 saturated heterocycles. The molecule has 128 valence electrons. The molecule has 0 bridgehead atoms. The summed E-state index contributed by atoms with van der Waals surface area (Å²) >= 11 is 13.1. The molecule has 2 aromatic carbocycles. The molecule has 5 nitrogen and oxygen atoms in total. The van der Waals surface area contributed by atoms with E-state index in [-0.39, 0.29) is 5.92 Å². The van der Waals surface area contributed by atoms with Crippen molar-refractivity contribution in [1.82, 2.24) is 10.2 Å². The summed E-state index contributed by atoms with van der Waals surface area (Å²) in [5.74, 6) is 0.104. The molecule has 3 aromatic rings. The molecule has 2 amide bonds. The van der Waals surface area contributed by atoms with Crippen LogP contribution < -0.4 is 10.6 Å². The summed E-state index contributed by atoms with van der Waals surface area (Å²) < 4.78 is 0. The molecule has 0 saturated carbocycles. The standard InChI is InChI=1S/C17H14Cl2N4OS/c1-10(11-5-3-2-4-6-11)15-22-23-17(25-15)21-16(24)20-12-7-8-13(18)14(19)9-12/h2-10H,1H3,(H2,20,21,23,24)/t10-/m1/s1. The molecule has 0 spiro atoms. The van der Waals surface area contributed by atoms with Crippen molar-refractivity contribution in [1.29, 1.82) is 0 Å². The first-order valence-electron chi connectivity index (χ1n) is 7.44. The maximum absolute atomic E-state index is 12.1. The van der Waals surface area contributed by atoms with E-state index in [1.54, 1.807) is 18.2 Å². The minimum atomic E-state index is -0.423. The van der Waals surface area contributed by atoms with Crippen molar-refractivity contribution in [3.05, 3.63) is 69.1 Å². The van der Waals surface area contributed by atoms with Gasteiger partial charge in [0, 0.05) is 11.6 Å². The Morgan fingerprint density at radius 1 is 1.04 bits per heavy atom. The lowest BCUT2D eigenvalue weighted by Crippen LogP contribution is -2.19. The summed E-state index contributed by atoms with van der Waals surface area (Å²) in [6, 6.07) is 14.4. The molecule has 2 N–H and O–H groups in total. The van der Waals surface area contributed by atoms with Crippen LogP contribution in [0.3, 0.4) is 0 Å². The number of hydrogen-bond acceptors (Lipinski definition) is 4. The first-order chi connectivity index (χ1) is 12.0. The molecule has 0 unspecified atom stereocenters. The fraction of sp³-hybridized carbons (Fsp3) is 0.118. The lowest BCUT2D eigenvalue weighted by Gasteiger charge is -2.07. The Hall–Kier alpha value is -2.15. The van der Waals surface area contributed by atoms with Crippen LogP contribution >= 0.6 is 34.5 Å². The van der Waals surface area contributed by atoms with Crippen LogP contribution in [-0.2, 0) is 0 Å². The number of hydrogen-bond donors (Lipinski definition) is 2. The summed E-state index contributed by atoms with van der Waals surface area (Å²) in [7, 11) is 0. The number of aromatic nitrogens is 2. The van der Waals surface area contributed by atoms with E-state index in [1.807, 2.05) is 30.3 Å². The van der Waals surface area contributed by atoms with E-state index >= 15 is 0 Å². The van der Waals surface area contributed by atoms with E-state index in [1.165, 1.54) is 11.3 Å². The maximum atomic E-state index is 12.1. The number of nitrogens with zero attached hydrogens (tertiary/aromatic N) is 2. The first kappa shape index (κ1) is 17.7. The second-order valence-corrected chi connectivity index (χ2v) is 7.11. The third-order valence-electron chi connectivity index (χ3n) is 3.51. The molecule has 8 heteroatoms. The van der Waals surface area contributed by atoms with Gasteiger partial charge in [0.2, 0.25) is 5.13 Å². The second kappa shape index (κ2) is 7.82. The smallest absolute Gasteiger partial charge is 0.308 e. The van der Waals surface area contributed by atoms with Gasteiger partial charge in [-0.15, -0.1) is 10.2 Å². The Balaban J connectivity index is 1.64. The van der Waals surface area contributed by atoms with Crippen molar-refractivity contribution in [3.8, 4) is 0 Å². The third kappa shape index (κ3) is 4.48. The highest BCUT2D eigenvalue weighted by molar-refractivity contribution is 7.15. The van der Waals surface area contributed by atoms with Gasteiger partial charge in [0.1, 0.15) is 5.01 Å². The van der Waals surface area contributed by atoms with Gasteiger partial charge in [0.05, 0.1) is 10.0 Å². The number of nitrogens with one attached hydrogen (secondary N) is 2. The maximum Gasteiger partial charge on any atom is 0.325 e. The number of urea groups is 1. The Bertz CT molecular complexity index is 885. The SMILES string of the molecule is C[C@H](c1ccccc1)c1nnc(NC(=O)Nc2ccc(Cl)c(Cl)c2)s1. The highest BCUT2D eigenvalue weighted by atomic mass is 35.5. The van der Waals surface area contributed by atoms with Crippen molar-refractivity contribution in [2.24, 2.45) is 0 Å². The number of amides is 2. The monoisotopic (exact) mass is 392 g/mol. The van der Waals surface area contributed by atoms with Gasteiger partial charge in [0.15, 0.2) is 0 Å². The highest BCUT2D eigenvalue weighted by Gasteiger charge is 2.15. The van der Waals surface area contributed by atoms with E-state index in [0.29, 0.717) is 20.9 Å². The van der Waals surface area contributed by atoms with Crippen LogP contribution in [0.4, 0.5) is 15.6 Å². The Labute approximate surface area is 159 Å². The number of benzene rings is 2. The molecular weight excluding hydrogens is 379 g/mol. The van der Waals surface area contributed by atoms with Crippen molar-refractivity contribution in [2.75, 3.05) is 10.6 Å². The zero-order chi connectivity index (χ0) is 17.8.